The Labute approximate surface area is 215 Å². The first kappa shape index (κ1) is 24.4. The number of rotatable bonds is 3. The van der Waals surface area contributed by atoms with Gasteiger partial charge in [0, 0.05) is 32.7 Å². The van der Waals surface area contributed by atoms with Crippen LogP contribution in [0.5, 0.6) is 5.75 Å². The Hall–Kier alpha value is -3.98. The molecular formula is C29H21F3O5S. The number of furan rings is 2. The van der Waals surface area contributed by atoms with Crippen LogP contribution in [-0.2, 0) is 15.5 Å². The fraction of sp³-hybridized carbons (Fsp3) is 0.172. The fourth-order valence-corrected chi connectivity index (χ4v) is 5.23. The SMILES string of the molecule is CC(C)(C)c1ccc2oc3c(-c4c(OS(=O)(=O)C(F)(F)F)ccc5oc6ccccc6c45)cccc3c2c1. The normalized spacial score (nSPS) is 13.2. The zero-order chi connectivity index (χ0) is 27.0. The molecule has 6 aromatic rings. The Bertz CT molecular complexity index is 1990. The molecule has 4 aromatic carbocycles. The highest BCUT2D eigenvalue weighted by atomic mass is 32.2. The molecule has 2 heterocycles. The van der Waals surface area contributed by atoms with Gasteiger partial charge >= 0.3 is 15.6 Å². The summed E-state index contributed by atoms with van der Waals surface area (Å²) in [5.74, 6) is -0.482. The summed E-state index contributed by atoms with van der Waals surface area (Å²) in [6.07, 6.45) is 0. The molecule has 0 aliphatic heterocycles. The van der Waals surface area contributed by atoms with Crippen LogP contribution in [0.1, 0.15) is 26.3 Å². The lowest BCUT2D eigenvalue weighted by molar-refractivity contribution is -0.0499. The molecule has 5 nitrogen and oxygen atoms in total. The van der Waals surface area contributed by atoms with Crippen LogP contribution in [0.3, 0.4) is 0 Å². The van der Waals surface area contributed by atoms with Crippen molar-refractivity contribution in [3.05, 3.63) is 78.4 Å². The Balaban J connectivity index is 1.72. The molecule has 2 aromatic heterocycles. The third kappa shape index (κ3) is 3.72. The number of alkyl halides is 3. The Morgan fingerprint density at radius 2 is 1.42 bits per heavy atom. The molecule has 0 amide bonds. The summed E-state index contributed by atoms with van der Waals surface area (Å²) >= 11 is 0. The van der Waals surface area contributed by atoms with Gasteiger partial charge < -0.3 is 13.0 Å². The fourth-order valence-electron chi connectivity index (χ4n) is 4.76. The molecule has 0 aliphatic rings. The average Bonchev–Trinajstić information content (AvgIpc) is 3.40. The van der Waals surface area contributed by atoms with E-state index in [1.165, 1.54) is 12.1 Å². The number of hydrogen-bond donors (Lipinski definition) is 0. The van der Waals surface area contributed by atoms with Gasteiger partial charge in [-0.1, -0.05) is 63.2 Å². The van der Waals surface area contributed by atoms with Gasteiger partial charge in [-0.15, -0.1) is 0 Å². The molecule has 0 atom stereocenters. The van der Waals surface area contributed by atoms with Crippen molar-refractivity contribution < 1.29 is 34.6 Å². The van der Waals surface area contributed by atoms with Gasteiger partial charge in [-0.2, -0.15) is 21.6 Å². The molecule has 0 saturated carbocycles. The van der Waals surface area contributed by atoms with Gasteiger partial charge in [0.2, 0.25) is 0 Å². The maximum atomic E-state index is 13.3. The van der Waals surface area contributed by atoms with Gasteiger partial charge in [0.15, 0.2) is 5.75 Å². The van der Waals surface area contributed by atoms with Crippen molar-refractivity contribution in [3.8, 4) is 16.9 Å². The second-order valence-corrected chi connectivity index (χ2v) is 11.7. The van der Waals surface area contributed by atoms with E-state index in [2.05, 4.69) is 20.8 Å². The van der Waals surface area contributed by atoms with Crippen molar-refractivity contribution >= 4 is 54.0 Å². The lowest BCUT2D eigenvalue weighted by Crippen LogP contribution is -2.28. The molecule has 0 spiro atoms. The third-order valence-electron chi connectivity index (χ3n) is 6.62. The molecule has 0 saturated heterocycles. The summed E-state index contributed by atoms with van der Waals surface area (Å²) in [6, 6.07) is 20.7. The van der Waals surface area contributed by atoms with E-state index in [1.807, 2.05) is 24.3 Å². The summed E-state index contributed by atoms with van der Waals surface area (Å²) in [6.45, 7) is 6.28. The first-order valence-corrected chi connectivity index (χ1v) is 13.2. The zero-order valence-corrected chi connectivity index (χ0v) is 21.3. The summed E-state index contributed by atoms with van der Waals surface area (Å²) in [5.41, 5.74) is -2.30. The van der Waals surface area contributed by atoms with Crippen molar-refractivity contribution in [2.45, 2.75) is 31.7 Å². The summed E-state index contributed by atoms with van der Waals surface area (Å²) < 4.78 is 81.1. The van der Waals surface area contributed by atoms with Gasteiger partial charge in [-0.3, -0.25) is 0 Å². The molecular weight excluding hydrogens is 517 g/mol. The van der Waals surface area contributed by atoms with Crippen molar-refractivity contribution in [2.75, 3.05) is 0 Å². The van der Waals surface area contributed by atoms with Crippen molar-refractivity contribution in [3.63, 3.8) is 0 Å². The highest BCUT2D eigenvalue weighted by molar-refractivity contribution is 7.88. The molecule has 0 N–H and O–H groups in total. The molecule has 9 heteroatoms. The zero-order valence-electron chi connectivity index (χ0n) is 20.5. The molecule has 194 valence electrons. The van der Waals surface area contributed by atoms with Crippen LogP contribution in [0.15, 0.2) is 81.6 Å². The van der Waals surface area contributed by atoms with Gasteiger partial charge in [0.05, 0.1) is 0 Å². The quantitative estimate of drug-likeness (QED) is 0.167. The monoisotopic (exact) mass is 538 g/mol. The van der Waals surface area contributed by atoms with Crippen LogP contribution in [0.2, 0.25) is 0 Å². The van der Waals surface area contributed by atoms with Gasteiger partial charge in [0.1, 0.15) is 22.3 Å². The lowest BCUT2D eigenvalue weighted by Gasteiger charge is -2.18. The molecule has 6 rings (SSSR count). The van der Waals surface area contributed by atoms with Crippen LogP contribution < -0.4 is 4.18 Å². The van der Waals surface area contributed by atoms with E-state index < -0.39 is 21.4 Å². The van der Waals surface area contributed by atoms with Gasteiger partial charge in [-0.05, 0) is 41.3 Å². The Kier molecular flexibility index (Phi) is 5.13. The molecule has 0 bridgehead atoms. The number of benzene rings is 4. The highest BCUT2D eigenvalue weighted by Gasteiger charge is 2.49. The van der Waals surface area contributed by atoms with E-state index in [0.717, 1.165) is 16.3 Å². The van der Waals surface area contributed by atoms with E-state index >= 15 is 0 Å². The molecule has 0 aliphatic carbocycles. The minimum atomic E-state index is -5.95. The molecule has 0 fully saturated rings. The van der Waals surface area contributed by atoms with Crippen molar-refractivity contribution in [2.24, 2.45) is 0 Å². The first-order chi connectivity index (χ1) is 17.8. The van der Waals surface area contributed by atoms with Gasteiger partial charge in [-0.25, -0.2) is 0 Å². The topological polar surface area (TPSA) is 69.7 Å². The van der Waals surface area contributed by atoms with Crippen molar-refractivity contribution in [1.82, 2.24) is 0 Å². The van der Waals surface area contributed by atoms with Crippen molar-refractivity contribution in [1.29, 1.82) is 0 Å². The van der Waals surface area contributed by atoms with Crippen LogP contribution in [0, 0.1) is 0 Å². The summed E-state index contributed by atoms with van der Waals surface area (Å²) in [7, 11) is -5.95. The predicted molar refractivity (Wildman–Crippen MR) is 141 cm³/mol. The average molecular weight is 539 g/mol. The van der Waals surface area contributed by atoms with Crippen LogP contribution in [-0.4, -0.2) is 13.9 Å². The predicted octanol–water partition coefficient (Wildman–Crippen LogP) is 8.68. The third-order valence-corrected chi connectivity index (χ3v) is 7.59. The Morgan fingerprint density at radius 3 is 2.16 bits per heavy atom. The number of halogens is 3. The minimum Gasteiger partial charge on any atom is -0.456 e. The first-order valence-electron chi connectivity index (χ1n) is 11.8. The summed E-state index contributed by atoms with van der Waals surface area (Å²) in [4.78, 5) is 0. The molecule has 0 unspecified atom stereocenters. The van der Waals surface area contributed by atoms with E-state index in [0.29, 0.717) is 38.7 Å². The van der Waals surface area contributed by atoms with Gasteiger partial charge in [0.25, 0.3) is 0 Å². The number of para-hydroxylation sites is 2. The van der Waals surface area contributed by atoms with Crippen LogP contribution >= 0.6 is 0 Å². The van der Waals surface area contributed by atoms with Crippen LogP contribution in [0.25, 0.3) is 55.0 Å². The highest BCUT2D eigenvalue weighted by Crippen LogP contribution is 2.47. The smallest absolute Gasteiger partial charge is 0.456 e. The maximum Gasteiger partial charge on any atom is 0.534 e. The minimum absolute atomic E-state index is 0.121. The number of fused-ring (bicyclic) bond motifs is 6. The standard InChI is InChI=1S/C29H21F3O5S/c1-28(2,3)16-11-12-22-20(15-16)17-8-6-9-19(27(17)36-22)26-24(37-38(33,34)29(30,31)32)14-13-23-25(26)18-7-4-5-10-21(18)35-23/h4-15H,1-3H3. The molecule has 0 radical (unpaired) electrons. The maximum absolute atomic E-state index is 13.3. The Morgan fingerprint density at radius 1 is 0.737 bits per heavy atom. The number of hydrogen-bond acceptors (Lipinski definition) is 5. The second-order valence-electron chi connectivity index (χ2n) is 10.1. The van der Waals surface area contributed by atoms with E-state index in [-0.39, 0.29) is 11.0 Å². The summed E-state index contributed by atoms with van der Waals surface area (Å²) in [5, 5.41) is 2.58. The second kappa shape index (κ2) is 8.01. The largest absolute Gasteiger partial charge is 0.534 e. The molecule has 38 heavy (non-hydrogen) atoms. The lowest BCUT2D eigenvalue weighted by atomic mass is 9.86. The van der Waals surface area contributed by atoms with Crippen LogP contribution in [0.4, 0.5) is 13.2 Å². The van der Waals surface area contributed by atoms with E-state index in [4.69, 9.17) is 13.0 Å². The van der Waals surface area contributed by atoms with E-state index in [1.54, 1.807) is 36.4 Å². The van der Waals surface area contributed by atoms with E-state index in [9.17, 15) is 21.6 Å².